The summed E-state index contributed by atoms with van der Waals surface area (Å²) in [5.74, 6) is -2.59. The van der Waals surface area contributed by atoms with Gasteiger partial charge in [0.15, 0.2) is 6.61 Å². The maximum absolute atomic E-state index is 12.9. The minimum Gasteiger partial charge on any atom is -0.462 e. The highest BCUT2D eigenvalue weighted by Gasteiger charge is 2.23. The predicted octanol–water partition coefficient (Wildman–Crippen LogP) is 3.92. The second-order valence-corrected chi connectivity index (χ2v) is 9.43. The van der Waals surface area contributed by atoms with Gasteiger partial charge in [-0.3, -0.25) is 14.4 Å². The fourth-order valence-electron chi connectivity index (χ4n) is 2.58. The van der Waals surface area contributed by atoms with E-state index in [9.17, 15) is 23.6 Å². The van der Waals surface area contributed by atoms with Crippen LogP contribution in [-0.4, -0.2) is 48.0 Å². The molecule has 0 spiro atoms. The standard InChI is InChI=1S/C22H25FN2O6S2/c1-5-30-22(29)19-12(2)13(3)33-20(19)25-17(26)10-31-21(28)14(4)32-11-18(27)24-16-8-6-15(23)7-9-16/h6-9,14H,5,10-11H2,1-4H3,(H,24,27)(H,25,26)/t14-/m0/s1. The average molecular weight is 497 g/mol. The molecule has 8 nitrogen and oxygen atoms in total. The highest BCUT2D eigenvalue weighted by atomic mass is 32.2. The summed E-state index contributed by atoms with van der Waals surface area (Å²) in [6, 6.07) is 5.31. The smallest absolute Gasteiger partial charge is 0.341 e. The maximum atomic E-state index is 12.9. The van der Waals surface area contributed by atoms with E-state index in [4.69, 9.17) is 9.47 Å². The van der Waals surface area contributed by atoms with E-state index in [1.54, 1.807) is 20.8 Å². The van der Waals surface area contributed by atoms with E-state index < -0.39 is 35.5 Å². The van der Waals surface area contributed by atoms with Crippen LogP contribution >= 0.6 is 23.1 Å². The van der Waals surface area contributed by atoms with Gasteiger partial charge in [-0.25, -0.2) is 9.18 Å². The Hall–Kier alpha value is -2.92. The Morgan fingerprint density at radius 1 is 1.06 bits per heavy atom. The number of thioether (sulfide) groups is 1. The average Bonchev–Trinajstić information content (AvgIpc) is 3.04. The molecule has 2 rings (SSSR count). The Morgan fingerprint density at radius 2 is 1.73 bits per heavy atom. The van der Waals surface area contributed by atoms with Crippen LogP contribution in [0.4, 0.5) is 15.1 Å². The van der Waals surface area contributed by atoms with Crippen molar-refractivity contribution in [2.24, 2.45) is 0 Å². The number of benzene rings is 1. The molecule has 33 heavy (non-hydrogen) atoms. The topological polar surface area (TPSA) is 111 Å². The molecular weight excluding hydrogens is 471 g/mol. The van der Waals surface area contributed by atoms with Gasteiger partial charge in [-0.05, 0) is 57.5 Å². The molecule has 2 amide bonds. The monoisotopic (exact) mass is 496 g/mol. The second-order valence-electron chi connectivity index (χ2n) is 6.87. The number of hydrogen-bond acceptors (Lipinski definition) is 8. The van der Waals surface area contributed by atoms with Crippen LogP contribution in [0.5, 0.6) is 0 Å². The Balaban J connectivity index is 1.81. The summed E-state index contributed by atoms with van der Waals surface area (Å²) in [6.45, 7) is 6.50. The number of hydrogen-bond donors (Lipinski definition) is 2. The van der Waals surface area contributed by atoms with Gasteiger partial charge in [0.25, 0.3) is 5.91 Å². The summed E-state index contributed by atoms with van der Waals surface area (Å²) in [7, 11) is 0. The highest BCUT2D eigenvalue weighted by Crippen LogP contribution is 2.33. The lowest BCUT2D eigenvalue weighted by atomic mass is 10.1. The molecule has 1 aromatic heterocycles. The Kier molecular flexibility index (Phi) is 9.86. The lowest BCUT2D eigenvalue weighted by Gasteiger charge is -2.12. The predicted molar refractivity (Wildman–Crippen MR) is 126 cm³/mol. The van der Waals surface area contributed by atoms with Crippen LogP contribution in [0.3, 0.4) is 0 Å². The molecule has 0 bridgehead atoms. The van der Waals surface area contributed by atoms with Crippen LogP contribution < -0.4 is 10.6 Å². The number of carbonyl (C=O) groups excluding carboxylic acids is 4. The van der Waals surface area contributed by atoms with Gasteiger partial charge in [0.2, 0.25) is 5.91 Å². The van der Waals surface area contributed by atoms with E-state index in [1.165, 1.54) is 35.6 Å². The molecule has 0 saturated carbocycles. The second kappa shape index (κ2) is 12.4. The number of anilines is 2. The molecule has 0 radical (unpaired) electrons. The quantitative estimate of drug-likeness (QED) is 0.480. The summed E-state index contributed by atoms with van der Waals surface area (Å²) < 4.78 is 23.0. The molecule has 0 fully saturated rings. The number of ether oxygens (including phenoxy) is 2. The van der Waals surface area contributed by atoms with Crippen molar-refractivity contribution in [1.29, 1.82) is 0 Å². The van der Waals surface area contributed by atoms with E-state index in [0.717, 1.165) is 22.2 Å². The van der Waals surface area contributed by atoms with Crippen LogP contribution in [0, 0.1) is 19.7 Å². The van der Waals surface area contributed by atoms with Gasteiger partial charge in [0.05, 0.1) is 17.9 Å². The molecule has 178 valence electrons. The van der Waals surface area contributed by atoms with E-state index in [-0.39, 0.29) is 23.8 Å². The summed E-state index contributed by atoms with van der Waals surface area (Å²) in [5, 5.41) is 4.82. The van der Waals surface area contributed by atoms with Crippen LogP contribution in [-0.2, 0) is 23.9 Å². The van der Waals surface area contributed by atoms with Crippen molar-refractivity contribution in [3.8, 4) is 0 Å². The van der Waals surface area contributed by atoms with Crippen molar-refractivity contribution in [2.45, 2.75) is 32.9 Å². The number of nitrogens with one attached hydrogen (secondary N) is 2. The van der Waals surface area contributed by atoms with Gasteiger partial charge in [-0.2, -0.15) is 0 Å². The van der Waals surface area contributed by atoms with Crippen molar-refractivity contribution >= 4 is 57.5 Å². The van der Waals surface area contributed by atoms with Gasteiger partial charge in [0, 0.05) is 10.6 Å². The van der Waals surface area contributed by atoms with Gasteiger partial charge in [-0.1, -0.05) is 0 Å². The number of esters is 2. The molecule has 0 aliphatic rings. The van der Waals surface area contributed by atoms with Gasteiger partial charge < -0.3 is 20.1 Å². The minimum atomic E-state index is -0.696. The SMILES string of the molecule is CCOC(=O)c1c(NC(=O)COC(=O)[C@H](C)SCC(=O)Nc2ccc(F)cc2)sc(C)c1C. The normalized spacial score (nSPS) is 11.4. The first-order chi connectivity index (χ1) is 15.6. The third-order valence-electron chi connectivity index (χ3n) is 4.39. The minimum absolute atomic E-state index is 0.0313. The number of amides is 2. The zero-order valence-electron chi connectivity index (χ0n) is 18.7. The van der Waals surface area contributed by atoms with E-state index in [0.29, 0.717) is 10.7 Å². The summed E-state index contributed by atoms with van der Waals surface area (Å²) >= 11 is 2.27. The Labute approximate surface area is 199 Å². The number of thiophene rings is 1. The molecule has 1 atom stereocenters. The Bertz CT molecular complexity index is 1020. The third-order valence-corrected chi connectivity index (χ3v) is 6.63. The van der Waals surface area contributed by atoms with E-state index >= 15 is 0 Å². The molecule has 1 aromatic carbocycles. The van der Waals surface area contributed by atoms with E-state index in [1.807, 2.05) is 6.92 Å². The highest BCUT2D eigenvalue weighted by molar-refractivity contribution is 8.01. The first-order valence-corrected chi connectivity index (χ1v) is 11.9. The fourth-order valence-corrected chi connectivity index (χ4v) is 4.32. The first-order valence-electron chi connectivity index (χ1n) is 10.0. The zero-order valence-corrected chi connectivity index (χ0v) is 20.3. The van der Waals surface area contributed by atoms with Crippen molar-refractivity contribution in [1.82, 2.24) is 0 Å². The first kappa shape index (κ1) is 26.3. The molecule has 1 heterocycles. The van der Waals surface area contributed by atoms with Crippen LogP contribution in [0.1, 0.15) is 34.6 Å². The lowest BCUT2D eigenvalue weighted by molar-refractivity contribution is -0.146. The van der Waals surface area contributed by atoms with Gasteiger partial charge >= 0.3 is 11.9 Å². The fraction of sp³-hybridized carbons (Fsp3) is 0.364. The van der Waals surface area contributed by atoms with E-state index in [2.05, 4.69) is 10.6 Å². The van der Waals surface area contributed by atoms with Crippen molar-refractivity contribution in [2.75, 3.05) is 29.6 Å². The van der Waals surface area contributed by atoms with Crippen molar-refractivity contribution < 1.29 is 33.0 Å². The molecule has 11 heteroatoms. The molecule has 2 aromatic rings. The molecule has 0 aliphatic heterocycles. The zero-order chi connectivity index (χ0) is 24.5. The molecule has 0 saturated heterocycles. The van der Waals surface area contributed by atoms with Crippen LogP contribution in [0.2, 0.25) is 0 Å². The third kappa shape index (κ3) is 7.86. The summed E-state index contributed by atoms with van der Waals surface area (Å²) in [6.07, 6.45) is 0. The number of rotatable bonds is 10. The van der Waals surface area contributed by atoms with Crippen LogP contribution in [0.25, 0.3) is 0 Å². The number of halogens is 1. The Morgan fingerprint density at radius 3 is 2.36 bits per heavy atom. The molecule has 0 aliphatic carbocycles. The summed E-state index contributed by atoms with van der Waals surface area (Å²) in [5.41, 5.74) is 1.44. The maximum Gasteiger partial charge on any atom is 0.341 e. The number of carbonyl (C=O) groups is 4. The summed E-state index contributed by atoms with van der Waals surface area (Å²) in [4.78, 5) is 49.4. The molecule has 0 unspecified atom stereocenters. The lowest BCUT2D eigenvalue weighted by Crippen LogP contribution is -2.26. The van der Waals surface area contributed by atoms with Gasteiger partial charge in [-0.15, -0.1) is 23.1 Å². The largest absolute Gasteiger partial charge is 0.462 e. The number of aryl methyl sites for hydroxylation is 1. The van der Waals surface area contributed by atoms with Crippen molar-refractivity contribution in [3.05, 3.63) is 46.1 Å². The van der Waals surface area contributed by atoms with Gasteiger partial charge in [0.1, 0.15) is 16.1 Å². The molecular formula is C22H25FN2O6S2. The van der Waals surface area contributed by atoms with Crippen LogP contribution in [0.15, 0.2) is 24.3 Å². The molecule has 2 N–H and O–H groups in total. The van der Waals surface area contributed by atoms with Crippen molar-refractivity contribution in [3.63, 3.8) is 0 Å².